The van der Waals surface area contributed by atoms with Crippen LogP contribution in [0.25, 0.3) is 0 Å². The molecule has 8 nitrogen and oxygen atoms in total. The molecule has 2 N–H and O–H groups in total. The van der Waals surface area contributed by atoms with Crippen molar-refractivity contribution in [1.82, 2.24) is 20.8 Å². The average Bonchev–Trinajstić information content (AvgIpc) is 3.26. The number of carbonyl (C=O) groups excluding carboxylic acids is 3. The number of hydrogen-bond donors (Lipinski definition) is 2. The van der Waals surface area contributed by atoms with E-state index in [-0.39, 0.29) is 40.6 Å². The summed E-state index contributed by atoms with van der Waals surface area (Å²) in [6.07, 6.45) is 3.68. The molecule has 0 spiro atoms. The van der Waals surface area contributed by atoms with Gasteiger partial charge < -0.3 is 15.2 Å². The van der Waals surface area contributed by atoms with Crippen LogP contribution in [-0.4, -0.2) is 45.1 Å². The van der Waals surface area contributed by atoms with Crippen LogP contribution in [0.4, 0.5) is 0 Å². The highest BCUT2D eigenvalue weighted by molar-refractivity contribution is 7.99. The molecular weight excluding hydrogens is 452 g/mol. The fourth-order valence-corrected chi connectivity index (χ4v) is 4.78. The van der Waals surface area contributed by atoms with Crippen molar-refractivity contribution in [1.29, 1.82) is 0 Å². The average molecular weight is 487 g/mol. The third-order valence-electron chi connectivity index (χ3n) is 5.76. The van der Waals surface area contributed by atoms with Gasteiger partial charge in [0, 0.05) is 16.9 Å². The second-order valence-electron chi connectivity index (χ2n) is 9.44. The van der Waals surface area contributed by atoms with E-state index in [1.54, 1.807) is 12.1 Å². The Bertz CT molecular complexity index is 976. The lowest BCUT2D eigenvalue weighted by molar-refractivity contribution is -0.127. The van der Waals surface area contributed by atoms with E-state index in [1.807, 2.05) is 45.9 Å². The number of aromatic nitrogens is 2. The van der Waals surface area contributed by atoms with E-state index in [0.29, 0.717) is 23.6 Å². The molecule has 1 aromatic heterocycles. The summed E-state index contributed by atoms with van der Waals surface area (Å²) in [6, 6.07) is 7.94. The Hall–Kier alpha value is -2.68. The van der Waals surface area contributed by atoms with Gasteiger partial charge >= 0.3 is 0 Å². The predicted octanol–water partition coefficient (Wildman–Crippen LogP) is 4.27. The number of nitrogens with zero attached hydrogens (tertiary/aromatic N) is 2. The Labute approximate surface area is 205 Å². The van der Waals surface area contributed by atoms with Gasteiger partial charge in [0.2, 0.25) is 17.5 Å². The first-order chi connectivity index (χ1) is 16.2. The van der Waals surface area contributed by atoms with E-state index in [2.05, 4.69) is 20.8 Å². The molecule has 1 saturated carbocycles. The third kappa shape index (κ3) is 7.16. The summed E-state index contributed by atoms with van der Waals surface area (Å²) in [4.78, 5) is 43.4. The number of amides is 2. The summed E-state index contributed by atoms with van der Waals surface area (Å²) in [6.45, 7) is 7.98. The highest BCUT2D eigenvalue weighted by Crippen LogP contribution is 2.26. The van der Waals surface area contributed by atoms with E-state index in [0.717, 1.165) is 19.3 Å². The molecule has 9 heteroatoms. The summed E-state index contributed by atoms with van der Waals surface area (Å²) in [5, 5.41) is 10.4. The molecule has 1 heterocycles. The molecule has 1 aliphatic carbocycles. The number of benzene rings is 1. The van der Waals surface area contributed by atoms with Crippen molar-refractivity contribution in [3.63, 3.8) is 0 Å². The lowest BCUT2D eigenvalue weighted by atomic mass is 9.83. The van der Waals surface area contributed by atoms with E-state index in [1.165, 1.54) is 11.8 Å². The zero-order valence-electron chi connectivity index (χ0n) is 20.2. The van der Waals surface area contributed by atoms with Crippen LogP contribution in [0.5, 0.6) is 0 Å². The number of hydrogen-bond acceptors (Lipinski definition) is 7. The summed E-state index contributed by atoms with van der Waals surface area (Å²) in [5.74, 6) is -1.03. The van der Waals surface area contributed by atoms with Crippen LogP contribution in [0.2, 0.25) is 0 Å². The largest absolute Gasteiger partial charge is 0.349 e. The number of carbonyl (C=O) groups is 3. The summed E-state index contributed by atoms with van der Waals surface area (Å²) >= 11 is 1.38. The van der Waals surface area contributed by atoms with E-state index in [9.17, 15) is 14.4 Å². The number of thioether (sulfide) groups is 1. The van der Waals surface area contributed by atoms with Gasteiger partial charge in [-0.05, 0) is 37.3 Å². The van der Waals surface area contributed by atoms with Crippen LogP contribution >= 0.6 is 11.8 Å². The maximum atomic E-state index is 13.3. The molecule has 34 heavy (non-hydrogen) atoms. The second kappa shape index (κ2) is 12.1. The van der Waals surface area contributed by atoms with Crippen molar-refractivity contribution in [2.24, 2.45) is 11.8 Å². The molecule has 184 valence electrons. The number of nitrogens with one attached hydrogen (secondary N) is 2. The lowest BCUT2D eigenvalue weighted by Gasteiger charge is -2.32. The van der Waals surface area contributed by atoms with Crippen LogP contribution in [0.3, 0.4) is 0 Å². The van der Waals surface area contributed by atoms with Gasteiger partial charge in [-0.1, -0.05) is 75.7 Å². The van der Waals surface area contributed by atoms with E-state index < -0.39 is 12.0 Å². The van der Waals surface area contributed by atoms with Crippen molar-refractivity contribution < 1.29 is 18.9 Å². The first-order valence-corrected chi connectivity index (χ1v) is 12.8. The van der Waals surface area contributed by atoms with E-state index in [4.69, 9.17) is 4.52 Å². The van der Waals surface area contributed by atoms with Gasteiger partial charge in [-0.2, -0.15) is 4.98 Å². The molecule has 2 aromatic rings. The molecule has 1 aromatic carbocycles. The minimum atomic E-state index is -0.755. The quantitative estimate of drug-likeness (QED) is 0.381. The highest BCUT2D eigenvalue weighted by Gasteiger charge is 2.35. The topological polar surface area (TPSA) is 114 Å². The molecule has 0 saturated heterocycles. The fourth-order valence-electron chi connectivity index (χ4n) is 4.16. The Kier molecular flexibility index (Phi) is 9.27. The first-order valence-electron chi connectivity index (χ1n) is 12.0. The van der Waals surface area contributed by atoms with Gasteiger partial charge in [0.25, 0.3) is 11.1 Å². The van der Waals surface area contributed by atoms with Crippen molar-refractivity contribution in [2.45, 2.75) is 82.4 Å². The minimum absolute atomic E-state index is 0.0216. The maximum Gasteiger partial charge on any atom is 0.286 e. The van der Waals surface area contributed by atoms with Gasteiger partial charge in [-0.15, -0.1) is 0 Å². The molecule has 1 fully saturated rings. The molecule has 0 radical (unpaired) electrons. The Morgan fingerprint density at radius 3 is 2.47 bits per heavy atom. The van der Waals surface area contributed by atoms with Crippen LogP contribution in [0, 0.1) is 11.8 Å². The SMILES string of the molecule is CC(C)C[C@H](NC(=O)[C@@H]1CCCC[C@@H]1NC(=O)c1ccccc1)C(=O)c1noc(SC(C)C)n1. The van der Waals surface area contributed by atoms with E-state index >= 15 is 0 Å². The lowest BCUT2D eigenvalue weighted by Crippen LogP contribution is -2.52. The van der Waals surface area contributed by atoms with Crippen molar-refractivity contribution in [3.8, 4) is 0 Å². The molecular formula is C25H34N4O4S. The van der Waals surface area contributed by atoms with Crippen LogP contribution in [-0.2, 0) is 4.79 Å². The molecule has 0 aliphatic heterocycles. The van der Waals surface area contributed by atoms with Gasteiger partial charge in [0.1, 0.15) is 0 Å². The molecule has 0 bridgehead atoms. The zero-order chi connectivity index (χ0) is 24.7. The third-order valence-corrected chi connectivity index (χ3v) is 6.60. The normalized spacial score (nSPS) is 19.1. The van der Waals surface area contributed by atoms with Gasteiger partial charge in [-0.3, -0.25) is 14.4 Å². The maximum absolute atomic E-state index is 13.3. The standard InChI is InChI=1S/C25H34N4O4S/c1-15(2)14-20(21(30)22-28-25(33-29-22)34-16(3)4)27-24(32)18-12-8-9-13-19(18)26-23(31)17-10-6-5-7-11-17/h5-7,10-11,15-16,18-20H,8-9,12-14H2,1-4H3,(H,26,31)(H,27,32)/t18-,19+,20+/m1/s1. The van der Waals surface area contributed by atoms with Crippen LogP contribution in [0.1, 0.15) is 80.8 Å². The Morgan fingerprint density at radius 2 is 1.79 bits per heavy atom. The summed E-state index contributed by atoms with van der Waals surface area (Å²) in [7, 11) is 0. The molecule has 3 rings (SSSR count). The van der Waals surface area contributed by atoms with Crippen LogP contribution in [0.15, 0.2) is 40.1 Å². The Morgan fingerprint density at radius 1 is 1.09 bits per heavy atom. The number of Topliss-reactive ketones (excluding diaryl/α,β-unsaturated/α-hetero) is 1. The molecule has 1 aliphatic rings. The number of rotatable bonds is 10. The highest BCUT2D eigenvalue weighted by atomic mass is 32.2. The van der Waals surface area contributed by atoms with Gasteiger partial charge in [-0.25, -0.2) is 0 Å². The van der Waals surface area contributed by atoms with Crippen molar-refractivity contribution in [2.75, 3.05) is 0 Å². The Balaban J connectivity index is 1.70. The second-order valence-corrected chi connectivity index (χ2v) is 11.0. The molecule has 3 atom stereocenters. The van der Waals surface area contributed by atoms with Crippen LogP contribution < -0.4 is 10.6 Å². The summed E-state index contributed by atoms with van der Waals surface area (Å²) < 4.78 is 5.20. The van der Waals surface area contributed by atoms with Gasteiger partial charge in [0.15, 0.2) is 0 Å². The molecule has 2 amide bonds. The van der Waals surface area contributed by atoms with Crippen molar-refractivity contribution in [3.05, 3.63) is 41.7 Å². The summed E-state index contributed by atoms with van der Waals surface area (Å²) in [5.41, 5.74) is 0.562. The zero-order valence-corrected chi connectivity index (χ0v) is 21.1. The minimum Gasteiger partial charge on any atom is -0.349 e. The predicted molar refractivity (Wildman–Crippen MR) is 131 cm³/mol. The van der Waals surface area contributed by atoms with Crippen molar-refractivity contribution >= 4 is 29.4 Å². The number of ketones is 1. The monoisotopic (exact) mass is 486 g/mol. The smallest absolute Gasteiger partial charge is 0.286 e. The first kappa shape index (κ1) is 25.9. The molecule has 0 unspecified atom stereocenters. The fraction of sp³-hybridized carbons (Fsp3) is 0.560. The van der Waals surface area contributed by atoms with Gasteiger partial charge in [0.05, 0.1) is 12.0 Å².